The number of hydrogen-bond acceptors (Lipinski definition) is 4. The summed E-state index contributed by atoms with van der Waals surface area (Å²) in [6.45, 7) is 2.19. The molecule has 7 heteroatoms. The molecule has 1 fully saturated rings. The summed E-state index contributed by atoms with van der Waals surface area (Å²) in [6, 6.07) is 16.1. The summed E-state index contributed by atoms with van der Waals surface area (Å²) >= 11 is 5.71. The van der Waals surface area contributed by atoms with Gasteiger partial charge in [-0.2, -0.15) is 0 Å². The van der Waals surface area contributed by atoms with E-state index in [1.54, 1.807) is 16.8 Å². The summed E-state index contributed by atoms with van der Waals surface area (Å²) in [5, 5.41) is 14.5. The zero-order valence-corrected chi connectivity index (χ0v) is 15.6. The third-order valence-corrected chi connectivity index (χ3v) is 5.24. The summed E-state index contributed by atoms with van der Waals surface area (Å²) in [4.78, 5) is 2.24. The lowest BCUT2D eigenvalue weighted by Crippen LogP contribution is -2.37. The van der Waals surface area contributed by atoms with Crippen molar-refractivity contribution in [1.82, 2.24) is 19.2 Å². The number of aliphatic hydroxyl groups is 1. The summed E-state index contributed by atoms with van der Waals surface area (Å²) in [7, 11) is 0. The van der Waals surface area contributed by atoms with Crippen LogP contribution in [0.1, 0.15) is 12.8 Å². The fraction of sp³-hybridized carbons (Fsp3) is 0.300. The molecule has 1 aliphatic rings. The number of benzene rings is 2. The van der Waals surface area contributed by atoms with E-state index in [9.17, 15) is 9.50 Å². The predicted octanol–water partition coefficient (Wildman–Crippen LogP) is 3.62. The molecule has 4 rings (SSSR count). The number of aromatic nitrogens is 3. The van der Waals surface area contributed by atoms with Gasteiger partial charge in [0.25, 0.3) is 0 Å². The molecule has 0 spiro atoms. The Morgan fingerprint density at radius 1 is 1.04 bits per heavy atom. The van der Waals surface area contributed by atoms with Crippen molar-refractivity contribution in [3.63, 3.8) is 0 Å². The molecule has 27 heavy (non-hydrogen) atoms. The van der Waals surface area contributed by atoms with E-state index in [0.29, 0.717) is 11.4 Å². The molecule has 3 aromatic rings. The van der Waals surface area contributed by atoms with Crippen molar-refractivity contribution in [2.45, 2.75) is 25.6 Å². The Morgan fingerprint density at radius 2 is 1.70 bits per heavy atom. The number of nitrogens with zero attached hydrogens (tertiary/aromatic N) is 4. The van der Waals surface area contributed by atoms with E-state index in [1.165, 1.54) is 12.1 Å². The second-order valence-corrected chi connectivity index (χ2v) is 7.14. The minimum absolute atomic E-state index is 0.217. The Bertz CT molecular complexity index is 960. The van der Waals surface area contributed by atoms with E-state index in [-0.39, 0.29) is 11.9 Å². The fourth-order valence-electron chi connectivity index (χ4n) is 3.35. The summed E-state index contributed by atoms with van der Waals surface area (Å²) < 4.78 is 17.6. The lowest BCUT2D eigenvalue weighted by Gasteiger charge is -2.28. The molecule has 0 unspecified atom stereocenters. The molecule has 0 aliphatic carbocycles. The van der Waals surface area contributed by atoms with Crippen LogP contribution >= 0.6 is 12.2 Å². The maximum atomic E-state index is 13.4. The van der Waals surface area contributed by atoms with Crippen LogP contribution in [0.4, 0.5) is 4.39 Å². The predicted molar refractivity (Wildman–Crippen MR) is 105 cm³/mol. The molecule has 0 bridgehead atoms. The molecule has 0 atom stereocenters. The fourth-order valence-corrected chi connectivity index (χ4v) is 3.64. The summed E-state index contributed by atoms with van der Waals surface area (Å²) in [6.07, 6.45) is 1.31. The number of aliphatic hydroxyl groups excluding tert-OH is 1. The molecule has 0 radical (unpaired) electrons. The van der Waals surface area contributed by atoms with Crippen LogP contribution in [0.25, 0.3) is 17.1 Å². The monoisotopic (exact) mass is 384 g/mol. The van der Waals surface area contributed by atoms with Crippen LogP contribution in [-0.2, 0) is 6.67 Å². The molecule has 1 saturated heterocycles. The van der Waals surface area contributed by atoms with Crippen LogP contribution in [0.2, 0.25) is 0 Å². The van der Waals surface area contributed by atoms with E-state index >= 15 is 0 Å². The standard InChI is InChI=1S/C20H21FN4OS/c21-16-6-8-17(9-7-16)25-19(15-4-2-1-3-5-15)22-24(20(25)27)14-23-12-10-18(26)11-13-23/h1-9,18,26H,10-14H2. The minimum Gasteiger partial charge on any atom is -0.393 e. The normalized spacial score (nSPS) is 15.9. The quantitative estimate of drug-likeness (QED) is 0.698. The number of hydrogen-bond donors (Lipinski definition) is 1. The van der Waals surface area contributed by atoms with Crippen LogP contribution in [-0.4, -0.2) is 43.5 Å². The van der Waals surface area contributed by atoms with E-state index in [4.69, 9.17) is 17.3 Å². The first-order valence-corrected chi connectivity index (χ1v) is 9.44. The molecular weight excluding hydrogens is 363 g/mol. The van der Waals surface area contributed by atoms with Gasteiger partial charge in [0.1, 0.15) is 5.82 Å². The molecule has 1 aliphatic heterocycles. The molecule has 0 saturated carbocycles. The number of rotatable bonds is 4. The Labute approximate surface area is 162 Å². The van der Waals surface area contributed by atoms with Gasteiger partial charge in [-0.25, -0.2) is 9.07 Å². The molecule has 2 aromatic carbocycles. The van der Waals surface area contributed by atoms with Gasteiger partial charge >= 0.3 is 0 Å². The van der Waals surface area contributed by atoms with Crippen LogP contribution in [0.15, 0.2) is 54.6 Å². The van der Waals surface area contributed by atoms with Gasteiger partial charge < -0.3 is 5.11 Å². The highest BCUT2D eigenvalue weighted by Gasteiger charge is 2.20. The second-order valence-electron chi connectivity index (χ2n) is 6.77. The highest BCUT2D eigenvalue weighted by atomic mass is 32.1. The first-order chi connectivity index (χ1) is 13.1. The van der Waals surface area contributed by atoms with Crippen molar-refractivity contribution in [1.29, 1.82) is 0 Å². The van der Waals surface area contributed by atoms with Crippen molar-refractivity contribution in [3.8, 4) is 17.1 Å². The van der Waals surface area contributed by atoms with Crippen molar-refractivity contribution in [2.75, 3.05) is 13.1 Å². The zero-order valence-electron chi connectivity index (χ0n) is 14.8. The highest BCUT2D eigenvalue weighted by molar-refractivity contribution is 7.71. The second kappa shape index (κ2) is 7.72. The molecule has 1 aromatic heterocycles. The average molecular weight is 384 g/mol. The lowest BCUT2D eigenvalue weighted by molar-refractivity contribution is 0.0651. The van der Waals surface area contributed by atoms with E-state index in [2.05, 4.69) is 4.90 Å². The SMILES string of the molecule is OC1CCN(Cn2nc(-c3ccccc3)n(-c3ccc(F)cc3)c2=S)CC1. The van der Waals surface area contributed by atoms with Crippen LogP contribution < -0.4 is 0 Å². The largest absolute Gasteiger partial charge is 0.393 e. The molecule has 140 valence electrons. The van der Waals surface area contributed by atoms with Crippen molar-refractivity contribution >= 4 is 12.2 Å². The highest BCUT2D eigenvalue weighted by Crippen LogP contribution is 2.23. The van der Waals surface area contributed by atoms with E-state index in [0.717, 1.165) is 43.0 Å². The molecular formula is C20H21FN4OS. The average Bonchev–Trinajstić information content (AvgIpc) is 3.01. The first-order valence-electron chi connectivity index (χ1n) is 9.03. The van der Waals surface area contributed by atoms with Crippen LogP contribution in [0.3, 0.4) is 0 Å². The van der Waals surface area contributed by atoms with Gasteiger partial charge in [-0.3, -0.25) is 9.47 Å². The summed E-state index contributed by atoms with van der Waals surface area (Å²) in [5.74, 6) is 0.440. The Kier molecular flexibility index (Phi) is 5.15. The molecule has 1 N–H and O–H groups in total. The van der Waals surface area contributed by atoms with Gasteiger partial charge in [0.15, 0.2) is 5.82 Å². The van der Waals surface area contributed by atoms with Crippen molar-refractivity contribution in [3.05, 3.63) is 65.2 Å². The van der Waals surface area contributed by atoms with Gasteiger partial charge in [0, 0.05) is 18.7 Å². The molecule has 2 heterocycles. The van der Waals surface area contributed by atoms with Crippen LogP contribution in [0, 0.1) is 10.6 Å². The van der Waals surface area contributed by atoms with Gasteiger partial charge in [-0.1, -0.05) is 30.3 Å². The number of piperidine rings is 1. The first kappa shape index (κ1) is 18.0. The maximum Gasteiger partial charge on any atom is 0.204 e. The number of halogens is 1. The van der Waals surface area contributed by atoms with Crippen molar-refractivity contribution in [2.24, 2.45) is 0 Å². The Morgan fingerprint density at radius 3 is 2.37 bits per heavy atom. The Hall–Kier alpha value is -2.35. The van der Waals surface area contributed by atoms with E-state index in [1.807, 2.05) is 34.9 Å². The minimum atomic E-state index is -0.286. The summed E-state index contributed by atoms with van der Waals surface area (Å²) in [5.41, 5.74) is 1.72. The van der Waals surface area contributed by atoms with Crippen LogP contribution in [0.5, 0.6) is 0 Å². The van der Waals surface area contributed by atoms with Gasteiger partial charge in [-0.05, 0) is 49.3 Å². The molecule has 5 nitrogen and oxygen atoms in total. The van der Waals surface area contributed by atoms with Gasteiger partial charge in [-0.15, -0.1) is 5.10 Å². The molecule has 0 amide bonds. The van der Waals surface area contributed by atoms with Gasteiger partial charge in [0.2, 0.25) is 4.77 Å². The van der Waals surface area contributed by atoms with Gasteiger partial charge in [0.05, 0.1) is 18.5 Å². The zero-order chi connectivity index (χ0) is 18.8. The Balaban J connectivity index is 1.75. The van der Waals surface area contributed by atoms with Crippen molar-refractivity contribution < 1.29 is 9.50 Å². The lowest BCUT2D eigenvalue weighted by atomic mass is 10.1. The smallest absolute Gasteiger partial charge is 0.204 e. The third kappa shape index (κ3) is 3.85. The van der Waals surface area contributed by atoms with E-state index < -0.39 is 0 Å². The third-order valence-electron chi connectivity index (χ3n) is 4.85. The number of likely N-dealkylation sites (tertiary alicyclic amines) is 1. The maximum absolute atomic E-state index is 13.4. The topological polar surface area (TPSA) is 46.2 Å².